The molecule has 0 fully saturated rings. The summed E-state index contributed by atoms with van der Waals surface area (Å²) in [5.41, 5.74) is 3.92. The number of carbonyl (C=O) groups excluding carboxylic acids is 4. The third-order valence-corrected chi connectivity index (χ3v) is 22.1. The number of carboxylic acids is 4. The van der Waals surface area contributed by atoms with E-state index in [1.54, 1.807) is 60.7 Å². The number of carboxylic acid groups (broad SMARTS) is 4. The molecule has 0 spiro atoms. The number of aliphatic carboxylic acids is 4. The summed E-state index contributed by atoms with van der Waals surface area (Å²) in [5, 5.41) is 50.0. The highest BCUT2D eigenvalue weighted by atomic mass is 32.2. The predicted molar refractivity (Wildman–Crippen MR) is 404 cm³/mol. The maximum atomic E-state index is 14.2. The van der Waals surface area contributed by atoms with E-state index in [0.29, 0.717) is 81.2 Å². The molecule has 2 heterocycles. The number of hydrogen-bond acceptors (Lipinski definition) is 21. The number of nitrogens with one attached hydrogen (secondary N) is 5. The number of fused-ring (bicyclic) bond motifs is 2. The van der Waals surface area contributed by atoms with Gasteiger partial charge in [0.2, 0.25) is 23.4 Å². The van der Waals surface area contributed by atoms with Gasteiger partial charge in [-0.1, -0.05) is 62.4 Å². The Morgan fingerprint density at radius 1 is 0.589 bits per heavy atom. The third-order valence-electron chi connectivity index (χ3n) is 18.8. The van der Waals surface area contributed by atoms with Crippen molar-refractivity contribution in [1.82, 2.24) is 26.6 Å². The van der Waals surface area contributed by atoms with Crippen molar-refractivity contribution in [2.75, 3.05) is 62.5 Å². The van der Waals surface area contributed by atoms with Crippen LogP contribution in [-0.2, 0) is 107 Å². The molecule has 4 aromatic carbocycles. The molecule has 4 atom stereocenters. The first-order chi connectivity index (χ1) is 52.5. The zero-order chi connectivity index (χ0) is 82.5. The third kappa shape index (κ3) is 26.7. The van der Waals surface area contributed by atoms with Crippen molar-refractivity contribution in [2.24, 2.45) is 0 Å². The molecular weight excluding hydrogens is 1550 g/mol. The van der Waals surface area contributed by atoms with Gasteiger partial charge in [-0.25, -0.2) is 27.6 Å². The fraction of sp³-hybridized carbons (Fsp3) is 0.446. The number of hydrogen-bond donors (Lipinski definition) is 12. The van der Waals surface area contributed by atoms with Crippen LogP contribution in [-0.4, -0.2) is 212 Å². The summed E-state index contributed by atoms with van der Waals surface area (Å²) in [7, 11) is -18.2. The van der Waals surface area contributed by atoms with Crippen LogP contribution in [0.5, 0.6) is 5.75 Å². The lowest BCUT2D eigenvalue weighted by atomic mass is 9.81. The molecule has 34 nitrogen and oxygen atoms in total. The summed E-state index contributed by atoms with van der Waals surface area (Å²) in [4.78, 5) is 100. The number of unbranched alkanes of at least 4 members (excludes halogenated alkanes) is 2. The van der Waals surface area contributed by atoms with E-state index >= 15 is 0 Å². The molecule has 3 aliphatic rings. The second-order valence-corrected chi connectivity index (χ2v) is 33.8. The maximum Gasteiger partial charge on any atom is 0.326 e. The lowest BCUT2D eigenvalue weighted by Gasteiger charge is -2.28. The van der Waals surface area contributed by atoms with Crippen molar-refractivity contribution in [2.45, 2.75) is 162 Å². The zero-order valence-electron chi connectivity index (χ0n) is 61.9. The minimum atomic E-state index is -4.67. The topological polar surface area (TPSA) is 532 Å². The highest BCUT2D eigenvalue weighted by molar-refractivity contribution is 7.86. The highest BCUT2D eigenvalue weighted by Gasteiger charge is 2.46. The van der Waals surface area contributed by atoms with Crippen LogP contribution in [0, 0.1) is 0 Å². The van der Waals surface area contributed by atoms with Crippen LogP contribution in [0.4, 0.5) is 16.2 Å². The van der Waals surface area contributed by atoms with Crippen LogP contribution in [0.25, 0.3) is 0 Å². The first-order valence-electron chi connectivity index (χ1n) is 35.7. The summed E-state index contributed by atoms with van der Waals surface area (Å²) >= 11 is 0. The van der Waals surface area contributed by atoms with E-state index in [2.05, 4.69) is 16.0 Å². The Morgan fingerprint density at radius 2 is 1.18 bits per heavy atom. The second-order valence-electron chi connectivity index (χ2n) is 27.8. The van der Waals surface area contributed by atoms with E-state index in [9.17, 15) is 106 Å². The van der Waals surface area contributed by atoms with Gasteiger partial charge in [0, 0.05) is 91.9 Å². The Labute approximate surface area is 648 Å². The molecule has 12 N–H and O–H groups in total. The van der Waals surface area contributed by atoms with Crippen LogP contribution in [0.15, 0.2) is 148 Å². The monoisotopic (exact) mass is 1640 g/mol. The van der Waals surface area contributed by atoms with Crippen molar-refractivity contribution in [1.29, 1.82) is 0 Å². The van der Waals surface area contributed by atoms with Crippen molar-refractivity contribution in [3.05, 3.63) is 160 Å². The van der Waals surface area contributed by atoms with E-state index in [1.807, 2.05) is 72.1 Å². The number of carbonyl (C=O) groups is 8. The largest absolute Gasteiger partial charge is 0.748 e. The van der Waals surface area contributed by atoms with Crippen LogP contribution >= 0.6 is 0 Å². The summed E-state index contributed by atoms with van der Waals surface area (Å²) in [6.07, 6.45) is 7.00. The first kappa shape index (κ1) is 89.4. The number of nitrogens with zero attached hydrogens (tertiary/aromatic N) is 2. The van der Waals surface area contributed by atoms with Crippen LogP contribution in [0.1, 0.15) is 127 Å². The Morgan fingerprint density at radius 3 is 1.79 bits per heavy atom. The fourth-order valence-electron chi connectivity index (χ4n) is 13.0. The molecule has 7 rings (SSSR count). The number of anilines is 1. The molecule has 1 aliphatic carbocycles. The van der Waals surface area contributed by atoms with Crippen LogP contribution in [0.3, 0.4) is 0 Å². The molecule has 4 aromatic rings. The quantitative estimate of drug-likeness (QED) is 0.0148. The predicted octanol–water partition coefficient (Wildman–Crippen LogP) is 5.46. The van der Waals surface area contributed by atoms with E-state index in [4.69, 9.17) is 19.3 Å². The van der Waals surface area contributed by atoms with E-state index in [-0.39, 0.29) is 119 Å². The van der Waals surface area contributed by atoms with Gasteiger partial charge < -0.3 is 70.7 Å². The molecule has 4 unspecified atom stereocenters. The van der Waals surface area contributed by atoms with Gasteiger partial charge in [0.25, 0.3) is 30.4 Å². The zero-order valence-corrected chi connectivity index (χ0v) is 65.1. The molecule has 0 saturated heterocycles. The Hall–Kier alpha value is -9.77. The van der Waals surface area contributed by atoms with Crippen molar-refractivity contribution >= 4 is 105 Å². The fourth-order valence-corrected chi connectivity index (χ4v) is 15.2. The molecule has 112 heavy (non-hydrogen) atoms. The van der Waals surface area contributed by atoms with Gasteiger partial charge >= 0.3 is 29.9 Å². The summed E-state index contributed by atoms with van der Waals surface area (Å²) in [5.74, 6) is -8.29. The molecule has 0 radical (unpaired) electrons. The lowest BCUT2D eigenvalue weighted by Crippen LogP contribution is -2.53. The van der Waals surface area contributed by atoms with Crippen molar-refractivity contribution in [3.8, 4) is 5.75 Å². The maximum absolute atomic E-state index is 14.2. The first-order valence-corrected chi connectivity index (χ1v) is 41.8. The number of rotatable bonds is 44. The van der Waals surface area contributed by atoms with Crippen LogP contribution in [0.2, 0.25) is 0 Å². The van der Waals surface area contributed by atoms with E-state index < -0.39 is 147 Å². The second kappa shape index (κ2) is 39.6. The standard InChI is InChI=1S/C74H93N7O27S4/c1-73(2)54-45-52(111(100,101)102)23-27-60(54)80(35-8-10-41-109(94,95)96)62(73)29-19-49-15-12-16-50(20-30-63-74(3,4)55-46-53(112(103,104)105)24-28-61(55)81(63)36-9-11-42-110(97,98)99)67(49)108-51-21-17-48(18-22-51)44-59(71(91)92)77-68(86)58(43-47-13-6-5-7-14-47)76-65(83)33-37-106-39-40-107-38-34-75-64(82)31-25-56(69(87)88)78-72(93)79-57(70(89)90)26-32-66(84)85/h5-7,13-14,17-24,27-30,45-46,56-59H,8-12,15-16,25-26,31-44H2,1-4H3,(H12-,75,76,77,78,79,82,83,84,85,86,87,88,89,90,91,92,93,94,95,96,97,98,99,100,101,102,103,104,105). The Kier molecular flexibility index (Phi) is 31.6. The van der Waals surface area contributed by atoms with Gasteiger partial charge in [0.15, 0.2) is 5.71 Å². The number of urea groups is 1. The molecule has 0 bridgehead atoms. The van der Waals surface area contributed by atoms with E-state index in [1.165, 1.54) is 30.3 Å². The number of benzene rings is 4. The van der Waals surface area contributed by atoms with Gasteiger partial charge in [-0.2, -0.15) is 29.8 Å². The number of ether oxygens (including phenoxy) is 3. The minimum absolute atomic E-state index is 0.00645. The average molecular weight is 1640 g/mol. The average Bonchev–Trinajstić information content (AvgIpc) is 1.59. The van der Waals surface area contributed by atoms with Gasteiger partial charge in [-0.15, -0.1) is 0 Å². The molecule has 38 heteroatoms. The Bertz CT molecular complexity index is 4790. The molecular formula is C74H93N7O27S4. The van der Waals surface area contributed by atoms with Crippen molar-refractivity contribution in [3.63, 3.8) is 0 Å². The van der Waals surface area contributed by atoms with Crippen LogP contribution < -0.4 is 36.2 Å². The van der Waals surface area contributed by atoms with Gasteiger partial charge in [-0.3, -0.25) is 32.8 Å². The van der Waals surface area contributed by atoms with E-state index in [0.717, 1.165) is 0 Å². The van der Waals surface area contributed by atoms with Crippen molar-refractivity contribution < 1.29 is 129 Å². The number of allylic oxidation sites excluding steroid dienone is 7. The van der Waals surface area contributed by atoms with Gasteiger partial charge in [-0.05, 0) is 148 Å². The lowest BCUT2D eigenvalue weighted by molar-refractivity contribution is -0.438. The normalized spacial score (nSPS) is 16.6. The smallest absolute Gasteiger partial charge is 0.326 e. The Balaban J connectivity index is 1.06. The molecule has 0 aromatic heterocycles. The highest BCUT2D eigenvalue weighted by Crippen LogP contribution is 2.49. The van der Waals surface area contributed by atoms with Gasteiger partial charge in [0.05, 0.1) is 57.5 Å². The molecule has 610 valence electrons. The molecule has 5 amide bonds. The summed E-state index contributed by atoms with van der Waals surface area (Å²) in [6, 6.07) is 16.1. The molecule has 2 aliphatic heterocycles. The summed E-state index contributed by atoms with van der Waals surface area (Å²) < 4.78 is 158. The summed E-state index contributed by atoms with van der Waals surface area (Å²) in [6.45, 7) is 7.64. The van der Waals surface area contributed by atoms with Gasteiger partial charge in [0.1, 0.15) is 42.2 Å². The SMILES string of the molecule is CC1(C)C(=CC=C2CCCC(C=CC3=[N+](CCCCS(=O)(=O)O)c4ccc(S(=O)(=O)O)cc4C3(C)C)=C2Oc2ccc(CC(NC(=O)C(Cc3ccccc3)NC(=O)CCOCCOCCNC(=O)CCC(NC(=O)NC(CCC(=O)O)C(=O)O)C(=O)O)C(=O)O)cc2)N(CCCCS(=O)(=O)[O-])c2ccc(S(=O)(=O)O)cc21. The minimum Gasteiger partial charge on any atom is -0.748 e. The molecule has 0 saturated carbocycles. The number of amides is 5.